The van der Waals surface area contributed by atoms with E-state index in [9.17, 15) is 4.79 Å². The minimum absolute atomic E-state index is 0.146. The minimum atomic E-state index is -0.146. The molecule has 3 N–H and O–H groups in total. The molecule has 1 saturated heterocycles. The Labute approximate surface area is 163 Å². The summed E-state index contributed by atoms with van der Waals surface area (Å²) in [5, 5.41) is 4.12. The Bertz CT molecular complexity index is 572. The van der Waals surface area contributed by atoms with Gasteiger partial charge in [0.25, 0.3) is 0 Å². The fraction of sp³-hybridized carbons (Fsp3) is 0.471. The zero-order valence-corrected chi connectivity index (χ0v) is 16.4. The smallest absolute Gasteiger partial charge is 0.246 e. The van der Waals surface area contributed by atoms with Gasteiger partial charge in [-0.1, -0.05) is 23.2 Å². The SMILES string of the molecule is N/C=C\C(=O)NCSCCCN1CCN(c2cc(Cl)cc(Cl)c2)CC1. The maximum Gasteiger partial charge on any atom is 0.246 e. The predicted molar refractivity (Wildman–Crippen MR) is 109 cm³/mol. The van der Waals surface area contributed by atoms with Crippen LogP contribution in [-0.2, 0) is 4.79 Å². The third kappa shape index (κ3) is 7.36. The lowest BCUT2D eigenvalue weighted by Gasteiger charge is -2.36. The molecule has 1 aromatic carbocycles. The molecule has 0 aromatic heterocycles. The number of benzene rings is 1. The van der Waals surface area contributed by atoms with Crippen LogP contribution in [-0.4, -0.2) is 55.2 Å². The molecule has 1 aliphatic rings. The highest BCUT2D eigenvalue weighted by atomic mass is 35.5. The Hall–Kier alpha value is -1.08. The maximum atomic E-state index is 11.2. The molecule has 25 heavy (non-hydrogen) atoms. The van der Waals surface area contributed by atoms with Crippen LogP contribution in [0, 0.1) is 0 Å². The zero-order chi connectivity index (χ0) is 18.1. The van der Waals surface area contributed by atoms with Gasteiger partial charge in [0.15, 0.2) is 0 Å². The number of carbonyl (C=O) groups is 1. The van der Waals surface area contributed by atoms with Gasteiger partial charge in [0.05, 0.1) is 5.88 Å². The summed E-state index contributed by atoms with van der Waals surface area (Å²) in [7, 11) is 0. The molecule has 0 radical (unpaired) electrons. The largest absolute Gasteiger partial charge is 0.404 e. The molecule has 0 atom stereocenters. The molecular formula is C17H24Cl2N4OS. The monoisotopic (exact) mass is 402 g/mol. The topological polar surface area (TPSA) is 61.6 Å². The van der Waals surface area contributed by atoms with Crippen LogP contribution < -0.4 is 16.0 Å². The van der Waals surface area contributed by atoms with Crippen molar-refractivity contribution in [3.8, 4) is 0 Å². The van der Waals surface area contributed by atoms with Crippen molar-refractivity contribution in [3.63, 3.8) is 0 Å². The van der Waals surface area contributed by atoms with E-state index in [1.807, 2.05) is 12.1 Å². The molecule has 0 unspecified atom stereocenters. The van der Waals surface area contributed by atoms with Crippen LogP contribution in [0.5, 0.6) is 0 Å². The Morgan fingerprint density at radius 2 is 1.88 bits per heavy atom. The number of hydrogen-bond donors (Lipinski definition) is 2. The van der Waals surface area contributed by atoms with Crippen LogP contribution in [0.2, 0.25) is 10.0 Å². The number of thioether (sulfide) groups is 1. The third-order valence-electron chi connectivity index (χ3n) is 3.94. The minimum Gasteiger partial charge on any atom is -0.404 e. The van der Waals surface area contributed by atoms with E-state index in [1.165, 1.54) is 12.3 Å². The van der Waals surface area contributed by atoms with E-state index in [1.54, 1.807) is 17.8 Å². The summed E-state index contributed by atoms with van der Waals surface area (Å²) in [4.78, 5) is 16.0. The fourth-order valence-corrected chi connectivity index (χ4v) is 3.92. The summed E-state index contributed by atoms with van der Waals surface area (Å²) in [5.41, 5.74) is 6.25. The molecule has 0 bridgehead atoms. The Morgan fingerprint density at radius 3 is 2.52 bits per heavy atom. The maximum absolute atomic E-state index is 11.2. The van der Waals surface area contributed by atoms with E-state index < -0.39 is 0 Å². The highest BCUT2D eigenvalue weighted by Crippen LogP contribution is 2.26. The van der Waals surface area contributed by atoms with Crippen molar-refractivity contribution in [1.29, 1.82) is 0 Å². The van der Waals surface area contributed by atoms with Crippen molar-refractivity contribution in [2.45, 2.75) is 6.42 Å². The van der Waals surface area contributed by atoms with Gasteiger partial charge in [-0.25, -0.2) is 0 Å². The van der Waals surface area contributed by atoms with Gasteiger partial charge in [0, 0.05) is 48.0 Å². The molecule has 0 aliphatic carbocycles. The van der Waals surface area contributed by atoms with Crippen molar-refractivity contribution in [2.24, 2.45) is 5.73 Å². The van der Waals surface area contributed by atoms with Crippen molar-refractivity contribution < 1.29 is 4.79 Å². The molecule has 138 valence electrons. The van der Waals surface area contributed by atoms with Gasteiger partial charge >= 0.3 is 0 Å². The lowest BCUT2D eigenvalue weighted by atomic mass is 10.2. The number of piperazine rings is 1. The average Bonchev–Trinajstić information content (AvgIpc) is 2.58. The molecular weight excluding hydrogens is 379 g/mol. The second-order valence-corrected chi connectivity index (χ2v) is 7.74. The molecule has 1 aromatic rings. The van der Waals surface area contributed by atoms with Crippen molar-refractivity contribution in [1.82, 2.24) is 10.2 Å². The second kappa shape index (κ2) is 10.8. The number of nitrogens with two attached hydrogens (primary N) is 1. The third-order valence-corrected chi connectivity index (χ3v) is 5.31. The van der Waals surface area contributed by atoms with Crippen LogP contribution in [0.3, 0.4) is 0 Å². The van der Waals surface area contributed by atoms with Gasteiger partial charge in [-0.05, 0) is 43.1 Å². The van der Waals surface area contributed by atoms with Crippen molar-refractivity contribution >= 4 is 46.6 Å². The normalized spacial score (nSPS) is 15.7. The first-order valence-corrected chi connectivity index (χ1v) is 10.2. The lowest BCUT2D eigenvalue weighted by molar-refractivity contribution is -0.116. The number of nitrogens with one attached hydrogen (secondary N) is 1. The fourth-order valence-electron chi connectivity index (χ4n) is 2.68. The number of carbonyl (C=O) groups excluding carboxylic acids is 1. The van der Waals surface area contributed by atoms with E-state index in [4.69, 9.17) is 28.9 Å². The average molecular weight is 403 g/mol. The molecule has 0 saturated carbocycles. The van der Waals surface area contributed by atoms with Gasteiger partial charge in [0.1, 0.15) is 0 Å². The van der Waals surface area contributed by atoms with Gasteiger partial charge in [-0.2, -0.15) is 0 Å². The van der Waals surface area contributed by atoms with Crippen LogP contribution >= 0.6 is 35.0 Å². The van der Waals surface area contributed by atoms with Crippen LogP contribution in [0.1, 0.15) is 6.42 Å². The summed E-state index contributed by atoms with van der Waals surface area (Å²) in [6.45, 7) is 5.10. The highest BCUT2D eigenvalue weighted by molar-refractivity contribution is 7.99. The van der Waals surface area contributed by atoms with E-state index in [-0.39, 0.29) is 5.91 Å². The highest BCUT2D eigenvalue weighted by Gasteiger charge is 2.17. The molecule has 1 amide bonds. The first-order chi connectivity index (χ1) is 12.1. The first-order valence-electron chi connectivity index (χ1n) is 8.26. The summed E-state index contributed by atoms with van der Waals surface area (Å²) < 4.78 is 0. The van der Waals surface area contributed by atoms with E-state index in [0.717, 1.165) is 50.6 Å². The quantitative estimate of drug-likeness (QED) is 0.397. The first kappa shape index (κ1) is 20.2. The molecule has 0 spiro atoms. The zero-order valence-electron chi connectivity index (χ0n) is 14.1. The summed E-state index contributed by atoms with van der Waals surface area (Å²) in [5.74, 6) is 1.50. The van der Waals surface area contributed by atoms with E-state index >= 15 is 0 Å². The van der Waals surface area contributed by atoms with Gasteiger partial charge in [-0.3, -0.25) is 9.69 Å². The van der Waals surface area contributed by atoms with Crippen LogP contribution in [0.25, 0.3) is 0 Å². The van der Waals surface area contributed by atoms with Gasteiger partial charge < -0.3 is 16.0 Å². The number of rotatable bonds is 8. The molecule has 1 aliphatic heterocycles. The number of anilines is 1. The predicted octanol–water partition coefficient (Wildman–Crippen LogP) is 2.78. The lowest BCUT2D eigenvalue weighted by Crippen LogP contribution is -2.46. The number of nitrogens with zero attached hydrogens (tertiary/aromatic N) is 2. The van der Waals surface area contributed by atoms with Crippen molar-refractivity contribution in [3.05, 3.63) is 40.5 Å². The molecule has 1 heterocycles. The van der Waals surface area contributed by atoms with Gasteiger partial charge in [-0.15, -0.1) is 11.8 Å². The van der Waals surface area contributed by atoms with Crippen molar-refractivity contribution in [2.75, 3.05) is 49.3 Å². The summed E-state index contributed by atoms with van der Waals surface area (Å²) in [6, 6.07) is 5.69. The molecule has 8 heteroatoms. The number of halogens is 2. The molecule has 5 nitrogen and oxygen atoms in total. The number of amides is 1. The van der Waals surface area contributed by atoms with E-state index in [0.29, 0.717) is 15.9 Å². The summed E-state index contributed by atoms with van der Waals surface area (Å²) >= 11 is 13.9. The van der Waals surface area contributed by atoms with Crippen LogP contribution in [0.15, 0.2) is 30.5 Å². The Kier molecular flexibility index (Phi) is 8.75. The Balaban J connectivity index is 1.60. The van der Waals surface area contributed by atoms with E-state index in [2.05, 4.69) is 15.1 Å². The Morgan fingerprint density at radius 1 is 1.20 bits per heavy atom. The summed E-state index contributed by atoms with van der Waals surface area (Å²) in [6.07, 6.45) is 3.68. The standard InChI is InChI=1S/C17H24Cl2N4OS/c18-14-10-15(19)12-16(11-14)23-7-5-22(6-8-23)4-1-9-25-13-21-17(24)2-3-20/h2-3,10-12H,1,4-9,13,20H2,(H,21,24)/b3-2-. The molecule has 2 rings (SSSR count). The van der Waals surface area contributed by atoms with Crippen LogP contribution in [0.4, 0.5) is 5.69 Å². The second-order valence-electron chi connectivity index (χ2n) is 5.76. The molecule has 1 fully saturated rings. The number of hydrogen-bond acceptors (Lipinski definition) is 5. The van der Waals surface area contributed by atoms with Gasteiger partial charge in [0.2, 0.25) is 5.91 Å².